The van der Waals surface area contributed by atoms with Crippen molar-refractivity contribution >= 4 is 32.2 Å². The van der Waals surface area contributed by atoms with Gasteiger partial charge in [0.25, 0.3) is 0 Å². The van der Waals surface area contributed by atoms with Crippen LogP contribution in [0.4, 0.5) is 0 Å². The van der Waals surface area contributed by atoms with Gasteiger partial charge in [-0.25, -0.2) is 0 Å². The number of fused-ring (bicyclic) bond motifs is 1. The minimum atomic E-state index is 0.247. The van der Waals surface area contributed by atoms with E-state index in [9.17, 15) is 0 Å². The molecule has 0 fully saturated rings. The van der Waals surface area contributed by atoms with Crippen LogP contribution in [0.2, 0.25) is 0 Å². The van der Waals surface area contributed by atoms with Crippen molar-refractivity contribution in [2.45, 2.75) is 19.5 Å². The van der Waals surface area contributed by atoms with Gasteiger partial charge >= 0.3 is 0 Å². The second-order valence-electron chi connectivity index (χ2n) is 4.78. The van der Waals surface area contributed by atoms with E-state index in [1.807, 2.05) is 23.7 Å². The first-order valence-electron chi connectivity index (χ1n) is 6.66. The van der Waals surface area contributed by atoms with Crippen molar-refractivity contribution in [3.05, 3.63) is 51.6 Å². The molecule has 3 rings (SSSR count). The van der Waals surface area contributed by atoms with E-state index in [4.69, 9.17) is 4.74 Å². The van der Waals surface area contributed by atoms with Crippen LogP contribution in [0.25, 0.3) is 4.96 Å². The molecule has 4 nitrogen and oxygen atoms in total. The molecular formula is C15H16BrN3OS. The maximum absolute atomic E-state index is 5.37. The number of imidazole rings is 1. The molecule has 0 aliphatic heterocycles. The Kier molecular flexibility index (Phi) is 4.28. The maximum Gasteiger partial charge on any atom is 0.237 e. The van der Waals surface area contributed by atoms with E-state index in [1.165, 1.54) is 5.56 Å². The lowest BCUT2D eigenvalue weighted by molar-refractivity contribution is 0.391. The number of halogens is 1. The van der Waals surface area contributed by atoms with Crippen LogP contribution >= 0.6 is 27.3 Å². The summed E-state index contributed by atoms with van der Waals surface area (Å²) in [5, 5.41) is 5.56. The van der Waals surface area contributed by atoms with Crippen molar-refractivity contribution in [1.29, 1.82) is 0 Å². The molecule has 0 aliphatic carbocycles. The monoisotopic (exact) mass is 365 g/mol. The molecule has 1 unspecified atom stereocenters. The molecule has 0 bridgehead atoms. The third kappa shape index (κ3) is 2.97. The van der Waals surface area contributed by atoms with E-state index in [0.717, 1.165) is 15.1 Å². The highest BCUT2D eigenvalue weighted by Crippen LogP contribution is 2.24. The molecule has 0 amide bonds. The summed E-state index contributed by atoms with van der Waals surface area (Å²) in [6.07, 6.45) is 2.02. The number of benzene rings is 1. The van der Waals surface area contributed by atoms with Crippen LogP contribution in [0, 0.1) is 0 Å². The van der Waals surface area contributed by atoms with Gasteiger partial charge < -0.3 is 10.1 Å². The first-order chi connectivity index (χ1) is 10.2. The minimum Gasteiger partial charge on any atom is -0.480 e. The first-order valence-corrected chi connectivity index (χ1v) is 8.33. The molecule has 0 saturated heterocycles. The highest BCUT2D eigenvalue weighted by atomic mass is 79.9. The van der Waals surface area contributed by atoms with Crippen molar-refractivity contribution in [3.8, 4) is 5.88 Å². The Balaban J connectivity index is 1.78. The van der Waals surface area contributed by atoms with Gasteiger partial charge in [0.15, 0.2) is 4.96 Å². The summed E-state index contributed by atoms with van der Waals surface area (Å²) in [4.78, 5) is 5.42. The Morgan fingerprint density at radius 3 is 3.10 bits per heavy atom. The van der Waals surface area contributed by atoms with Crippen LogP contribution in [0.3, 0.4) is 0 Å². The second kappa shape index (κ2) is 6.17. The predicted octanol–water partition coefficient (Wildman–Crippen LogP) is 4.02. The summed E-state index contributed by atoms with van der Waals surface area (Å²) in [5.74, 6) is 0.691. The number of thiazole rings is 1. The van der Waals surface area contributed by atoms with Crippen molar-refractivity contribution < 1.29 is 4.74 Å². The average Bonchev–Trinajstić information content (AvgIpc) is 3.05. The highest BCUT2D eigenvalue weighted by molar-refractivity contribution is 9.10. The molecule has 0 spiro atoms. The number of nitrogens with zero attached hydrogens (tertiary/aromatic N) is 2. The molecule has 0 radical (unpaired) electrons. The van der Waals surface area contributed by atoms with Crippen LogP contribution < -0.4 is 10.1 Å². The van der Waals surface area contributed by atoms with Crippen LogP contribution in [0.15, 0.2) is 40.3 Å². The lowest BCUT2D eigenvalue weighted by Gasteiger charge is -2.14. The number of hydrogen-bond acceptors (Lipinski definition) is 4. The van der Waals surface area contributed by atoms with E-state index in [1.54, 1.807) is 18.4 Å². The van der Waals surface area contributed by atoms with Crippen molar-refractivity contribution in [1.82, 2.24) is 14.7 Å². The topological polar surface area (TPSA) is 38.6 Å². The molecule has 110 valence electrons. The summed E-state index contributed by atoms with van der Waals surface area (Å²) >= 11 is 5.12. The zero-order valence-electron chi connectivity index (χ0n) is 11.8. The molecule has 0 aliphatic rings. The molecule has 3 aromatic rings. The van der Waals surface area contributed by atoms with Gasteiger partial charge in [-0.15, -0.1) is 11.3 Å². The molecular weight excluding hydrogens is 350 g/mol. The largest absolute Gasteiger partial charge is 0.480 e. The smallest absolute Gasteiger partial charge is 0.237 e. The highest BCUT2D eigenvalue weighted by Gasteiger charge is 2.14. The van der Waals surface area contributed by atoms with Crippen molar-refractivity contribution in [3.63, 3.8) is 0 Å². The number of hydrogen-bond donors (Lipinski definition) is 1. The van der Waals surface area contributed by atoms with Gasteiger partial charge in [-0.1, -0.05) is 28.1 Å². The third-order valence-electron chi connectivity index (χ3n) is 3.44. The Hall–Kier alpha value is -1.37. The van der Waals surface area contributed by atoms with Gasteiger partial charge in [-0.3, -0.25) is 4.40 Å². The number of ether oxygens (including phenoxy) is 1. The first kappa shape index (κ1) is 14.6. The lowest BCUT2D eigenvalue weighted by Crippen LogP contribution is -2.19. The fourth-order valence-electron chi connectivity index (χ4n) is 2.28. The van der Waals surface area contributed by atoms with E-state index in [0.29, 0.717) is 12.4 Å². The second-order valence-corrected chi connectivity index (χ2v) is 6.57. The van der Waals surface area contributed by atoms with Gasteiger partial charge in [0.2, 0.25) is 5.88 Å². The zero-order valence-corrected chi connectivity index (χ0v) is 14.2. The average molecular weight is 366 g/mol. The Bertz CT molecular complexity index is 752. The molecule has 1 N–H and O–H groups in total. The molecule has 2 heterocycles. The van der Waals surface area contributed by atoms with E-state index >= 15 is 0 Å². The SMILES string of the molecule is COc1nc2sccn2c1CNC(C)c1cccc(Br)c1. The summed E-state index contributed by atoms with van der Waals surface area (Å²) in [7, 11) is 1.66. The number of methoxy groups -OCH3 is 1. The fourth-order valence-corrected chi connectivity index (χ4v) is 3.42. The van der Waals surface area contributed by atoms with Crippen molar-refractivity contribution in [2.24, 2.45) is 0 Å². The quantitative estimate of drug-likeness (QED) is 0.741. The normalized spacial score (nSPS) is 12.7. The number of rotatable bonds is 5. The number of aromatic nitrogens is 2. The lowest BCUT2D eigenvalue weighted by atomic mass is 10.1. The Labute approximate surface area is 135 Å². The van der Waals surface area contributed by atoms with Crippen LogP contribution in [0.1, 0.15) is 24.2 Å². The molecule has 6 heteroatoms. The molecule has 1 aromatic carbocycles. The third-order valence-corrected chi connectivity index (χ3v) is 4.69. The van der Waals surface area contributed by atoms with Crippen LogP contribution in [-0.4, -0.2) is 16.5 Å². The Morgan fingerprint density at radius 1 is 1.48 bits per heavy atom. The molecule has 0 saturated carbocycles. The summed E-state index contributed by atoms with van der Waals surface area (Å²) in [5.41, 5.74) is 2.30. The Morgan fingerprint density at radius 2 is 2.33 bits per heavy atom. The van der Waals surface area contributed by atoms with E-state index in [2.05, 4.69) is 49.7 Å². The maximum atomic E-state index is 5.37. The minimum absolute atomic E-state index is 0.247. The summed E-state index contributed by atoms with van der Waals surface area (Å²) < 4.78 is 8.54. The van der Waals surface area contributed by atoms with Gasteiger partial charge in [-0.2, -0.15) is 4.98 Å². The van der Waals surface area contributed by atoms with E-state index in [-0.39, 0.29) is 6.04 Å². The standard InChI is InChI=1S/C15H16BrN3OS/c1-10(11-4-3-5-12(16)8-11)17-9-13-14(20-2)18-15-19(13)6-7-21-15/h3-8,10,17H,9H2,1-2H3. The van der Waals surface area contributed by atoms with Gasteiger partial charge in [0.05, 0.1) is 7.11 Å². The van der Waals surface area contributed by atoms with Crippen molar-refractivity contribution in [2.75, 3.05) is 7.11 Å². The molecule has 2 aromatic heterocycles. The van der Waals surface area contributed by atoms with Gasteiger partial charge in [0.1, 0.15) is 5.69 Å². The van der Waals surface area contributed by atoms with Crippen LogP contribution in [-0.2, 0) is 6.54 Å². The number of nitrogens with one attached hydrogen (secondary N) is 1. The van der Waals surface area contributed by atoms with E-state index < -0.39 is 0 Å². The summed E-state index contributed by atoms with van der Waals surface area (Å²) in [6, 6.07) is 8.58. The fraction of sp³-hybridized carbons (Fsp3) is 0.267. The van der Waals surface area contributed by atoms with Gasteiger partial charge in [-0.05, 0) is 24.6 Å². The summed E-state index contributed by atoms with van der Waals surface area (Å²) in [6.45, 7) is 2.86. The molecule has 21 heavy (non-hydrogen) atoms. The van der Waals surface area contributed by atoms with Crippen LogP contribution in [0.5, 0.6) is 5.88 Å². The molecule has 1 atom stereocenters. The zero-order chi connectivity index (χ0) is 14.8. The van der Waals surface area contributed by atoms with Gasteiger partial charge in [0, 0.05) is 28.6 Å². The predicted molar refractivity (Wildman–Crippen MR) is 89.0 cm³/mol.